The Bertz CT molecular complexity index is 1070. The topological polar surface area (TPSA) is 88.2 Å². The van der Waals surface area contributed by atoms with Crippen LogP contribution in [0.1, 0.15) is 42.7 Å². The third-order valence-electron chi connectivity index (χ3n) is 4.51. The van der Waals surface area contributed by atoms with Gasteiger partial charge in [0.1, 0.15) is 11.1 Å². The molecule has 7 nitrogen and oxygen atoms in total. The summed E-state index contributed by atoms with van der Waals surface area (Å²) in [5, 5.41) is 2.60. The van der Waals surface area contributed by atoms with Crippen LogP contribution >= 0.6 is 11.3 Å². The van der Waals surface area contributed by atoms with Gasteiger partial charge in [0.2, 0.25) is 0 Å². The Hall–Kier alpha value is -2.84. The van der Waals surface area contributed by atoms with Gasteiger partial charge in [-0.05, 0) is 45.1 Å². The highest BCUT2D eigenvalue weighted by atomic mass is 32.1. The summed E-state index contributed by atoms with van der Waals surface area (Å²) >= 11 is 1.44. The number of pyridine rings is 2. The molecule has 30 heavy (non-hydrogen) atoms. The van der Waals surface area contributed by atoms with Crippen LogP contribution in [0.5, 0.6) is 0 Å². The molecule has 3 aromatic heterocycles. The van der Waals surface area contributed by atoms with Crippen LogP contribution in [-0.2, 0) is 4.74 Å². The number of esters is 1. The molecule has 0 saturated carbocycles. The number of nitrogens with zero attached hydrogens (tertiary/aromatic N) is 3. The molecule has 1 N–H and O–H groups in total. The fourth-order valence-corrected chi connectivity index (χ4v) is 4.01. The minimum Gasteiger partial charge on any atom is -0.458 e. The van der Waals surface area contributed by atoms with Gasteiger partial charge in [0.15, 0.2) is 0 Å². The number of carbonyl (C=O) groups is 1. The first kappa shape index (κ1) is 21.9. The number of likely N-dealkylation sites (N-methyl/N-ethyl adjacent to an activating group) is 1. The number of thiazole rings is 1. The highest BCUT2D eigenvalue weighted by Gasteiger charge is 2.22. The summed E-state index contributed by atoms with van der Waals surface area (Å²) in [6.07, 6.45) is 3.12. The Morgan fingerprint density at radius 3 is 2.57 bits per heavy atom. The van der Waals surface area contributed by atoms with Gasteiger partial charge in [-0.3, -0.25) is 9.78 Å². The van der Waals surface area contributed by atoms with Gasteiger partial charge in [0.25, 0.3) is 5.56 Å². The summed E-state index contributed by atoms with van der Waals surface area (Å²) in [7, 11) is 3.84. The van der Waals surface area contributed by atoms with Crippen LogP contribution in [0, 0.1) is 0 Å². The van der Waals surface area contributed by atoms with Gasteiger partial charge >= 0.3 is 5.97 Å². The first-order chi connectivity index (χ1) is 14.3. The molecular formula is C22H26N4O3S. The van der Waals surface area contributed by atoms with E-state index in [4.69, 9.17) is 4.74 Å². The normalized spacial score (nSPS) is 12.4. The fourth-order valence-electron chi connectivity index (χ4n) is 3.18. The number of hydrogen-bond acceptors (Lipinski definition) is 7. The first-order valence-corrected chi connectivity index (χ1v) is 10.6. The molecule has 0 radical (unpaired) electrons. The standard InChI is InChI=1S/C22H26N4O3S/c1-13(2)19-17(22(28)29-14(3)11-26(4)5)10-16(20(27)25-19)18-12-30-21(24-18)15-6-8-23-9-7-15/h6-10,12-14H,11H2,1-5H3,(H,25,27). The molecule has 0 aliphatic rings. The molecule has 3 rings (SSSR count). The molecular weight excluding hydrogens is 400 g/mol. The summed E-state index contributed by atoms with van der Waals surface area (Å²) < 4.78 is 5.62. The van der Waals surface area contributed by atoms with E-state index in [-0.39, 0.29) is 17.6 Å². The van der Waals surface area contributed by atoms with Gasteiger partial charge in [0, 0.05) is 35.6 Å². The third-order valence-corrected chi connectivity index (χ3v) is 5.40. The van der Waals surface area contributed by atoms with Crippen molar-refractivity contribution >= 4 is 17.3 Å². The molecule has 0 spiro atoms. The van der Waals surface area contributed by atoms with E-state index in [2.05, 4.69) is 15.0 Å². The molecule has 158 valence electrons. The predicted octanol–water partition coefficient (Wildman–Crippen LogP) is 3.79. The van der Waals surface area contributed by atoms with E-state index in [0.717, 1.165) is 10.6 Å². The van der Waals surface area contributed by atoms with Gasteiger partial charge in [-0.1, -0.05) is 13.8 Å². The fraction of sp³-hybridized carbons (Fsp3) is 0.364. The lowest BCUT2D eigenvalue weighted by atomic mass is 10.0. The Morgan fingerprint density at radius 1 is 1.23 bits per heavy atom. The molecule has 1 atom stereocenters. The van der Waals surface area contributed by atoms with Crippen LogP contribution in [0.3, 0.4) is 0 Å². The molecule has 0 saturated heterocycles. The minimum absolute atomic E-state index is 0.0405. The molecule has 0 aromatic carbocycles. The van der Waals surface area contributed by atoms with E-state index in [9.17, 15) is 9.59 Å². The Morgan fingerprint density at radius 2 is 1.93 bits per heavy atom. The Balaban J connectivity index is 1.99. The average Bonchev–Trinajstić information content (AvgIpc) is 3.17. The van der Waals surface area contributed by atoms with Crippen molar-refractivity contribution in [1.82, 2.24) is 19.9 Å². The van der Waals surface area contributed by atoms with E-state index < -0.39 is 5.97 Å². The summed E-state index contributed by atoms with van der Waals surface area (Å²) in [6.45, 7) is 6.31. The molecule has 0 aliphatic carbocycles. The average molecular weight is 427 g/mol. The number of aromatic amines is 1. The maximum atomic E-state index is 12.9. The van der Waals surface area contributed by atoms with Gasteiger partial charge in [-0.15, -0.1) is 11.3 Å². The van der Waals surface area contributed by atoms with Gasteiger partial charge in [-0.2, -0.15) is 0 Å². The zero-order chi connectivity index (χ0) is 21.8. The van der Waals surface area contributed by atoms with Gasteiger partial charge in [-0.25, -0.2) is 9.78 Å². The lowest BCUT2D eigenvalue weighted by molar-refractivity contribution is 0.0287. The van der Waals surface area contributed by atoms with Crippen LogP contribution in [0.15, 0.2) is 40.8 Å². The second-order valence-corrected chi connectivity index (χ2v) is 8.60. The van der Waals surface area contributed by atoms with E-state index in [0.29, 0.717) is 29.1 Å². The third kappa shape index (κ3) is 5.01. The highest BCUT2D eigenvalue weighted by molar-refractivity contribution is 7.13. The number of ether oxygens (including phenoxy) is 1. The van der Waals surface area contributed by atoms with Crippen LogP contribution in [0.4, 0.5) is 0 Å². The van der Waals surface area contributed by atoms with Crippen molar-refractivity contribution < 1.29 is 9.53 Å². The quantitative estimate of drug-likeness (QED) is 0.578. The van der Waals surface area contributed by atoms with Gasteiger partial charge in [0.05, 0.1) is 16.8 Å². The van der Waals surface area contributed by atoms with E-state index in [1.54, 1.807) is 18.5 Å². The Kier molecular flexibility index (Phi) is 6.79. The van der Waals surface area contributed by atoms with Crippen molar-refractivity contribution in [2.75, 3.05) is 20.6 Å². The molecule has 0 aliphatic heterocycles. The largest absolute Gasteiger partial charge is 0.458 e. The zero-order valence-electron chi connectivity index (χ0n) is 17.8. The van der Waals surface area contributed by atoms with Crippen LogP contribution in [0.2, 0.25) is 0 Å². The highest BCUT2D eigenvalue weighted by Crippen LogP contribution is 2.28. The minimum atomic E-state index is -0.449. The second kappa shape index (κ2) is 9.32. The number of rotatable bonds is 7. The van der Waals surface area contributed by atoms with E-state index in [1.165, 1.54) is 11.3 Å². The van der Waals surface area contributed by atoms with Crippen molar-refractivity contribution in [3.63, 3.8) is 0 Å². The van der Waals surface area contributed by atoms with E-state index in [1.807, 2.05) is 57.3 Å². The predicted molar refractivity (Wildman–Crippen MR) is 119 cm³/mol. The van der Waals surface area contributed by atoms with Crippen LogP contribution < -0.4 is 5.56 Å². The molecule has 3 heterocycles. The second-order valence-electron chi connectivity index (χ2n) is 7.75. The number of H-pyrrole nitrogens is 1. The number of hydrogen-bond donors (Lipinski definition) is 1. The van der Waals surface area contributed by atoms with Crippen molar-refractivity contribution in [2.24, 2.45) is 0 Å². The Labute approximate surface area is 179 Å². The van der Waals surface area contributed by atoms with E-state index >= 15 is 0 Å². The van der Waals surface area contributed by atoms with Crippen LogP contribution in [-0.4, -0.2) is 52.6 Å². The van der Waals surface area contributed by atoms with Crippen molar-refractivity contribution in [3.8, 4) is 21.8 Å². The maximum absolute atomic E-state index is 12.9. The SMILES string of the molecule is CC(CN(C)C)OC(=O)c1cc(-c2csc(-c3ccncc3)n2)c(=O)[nH]c1C(C)C. The summed E-state index contributed by atoms with van der Waals surface area (Å²) in [5.41, 5.74) is 2.46. The number of aromatic nitrogens is 3. The lowest BCUT2D eigenvalue weighted by Crippen LogP contribution is -2.29. The van der Waals surface area contributed by atoms with Gasteiger partial charge < -0.3 is 14.6 Å². The maximum Gasteiger partial charge on any atom is 0.340 e. The number of nitrogens with one attached hydrogen (secondary N) is 1. The monoisotopic (exact) mass is 426 g/mol. The molecule has 0 fully saturated rings. The lowest BCUT2D eigenvalue weighted by Gasteiger charge is -2.19. The van der Waals surface area contributed by atoms with Crippen molar-refractivity contribution in [2.45, 2.75) is 32.8 Å². The van der Waals surface area contributed by atoms with Crippen molar-refractivity contribution in [3.05, 3.63) is 57.6 Å². The molecule has 1 unspecified atom stereocenters. The first-order valence-electron chi connectivity index (χ1n) is 9.75. The summed E-state index contributed by atoms with van der Waals surface area (Å²) in [6, 6.07) is 5.33. The van der Waals surface area contributed by atoms with Crippen molar-refractivity contribution in [1.29, 1.82) is 0 Å². The smallest absolute Gasteiger partial charge is 0.340 e. The number of carbonyl (C=O) groups excluding carboxylic acids is 1. The molecule has 3 aromatic rings. The molecule has 0 amide bonds. The summed E-state index contributed by atoms with van der Waals surface area (Å²) in [5.74, 6) is -0.489. The zero-order valence-corrected chi connectivity index (χ0v) is 18.6. The molecule has 0 bridgehead atoms. The summed E-state index contributed by atoms with van der Waals surface area (Å²) in [4.78, 5) is 39.1. The van der Waals surface area contributed by atoms with Crippen LogP contribution in [0.25, 0.3) is 21.8 Å². The molecule has 8 heteroatoms.